The molecule has 4 heteroatoms. The average molecular weight is 400 g/mol. The number of benzene rings is 2. The Morgan fingerprint density at radius 1 is 1.00 bits per heavy atom. The average Bonchev–Trinajstić information content (AvgIpc) is 2.69. The Morgan fingerprint density at radius 3 is 2.41 bits per heavy atom. The van der Waals surface area contributed by atoms with Crippen LogP contribution >= 0.6 is 22.6 Å². The summed E-state index contributed by atoms with van der Waals surface area (Å²) in [5.41, 5.74) is 1.12. The third kappa shape index (κ3) is 2.01. The van der Waals surface area contributed by atoms with E-state index in [0.29, 0.717) is 0 Å². The monoisotopic (exact) mass is 401 g/mol. The van der Waals surface area contributed by atoms with Crippen molar-refractivity contribution in [3.05, 3.63) is 62.5 Å². The van der Waals surface area contributed by atoms with Crippen molar-refractivity contribution in [2.24, 2.45) is 0 Å². The number of hydrogen-bond donors (Lipinski definition) is 0. The third-order valence-electron chi connectivity index (χ3n) is 2.55. The van der Waals surface area contributed by atoms with Gasteiger partial charge in [-0.05, 0) is 0 Å². The number of rotatable bonds is 1. The number of nitrogens with zero attached hydrogens (tertiary/aromatic N) is 1. The van der Waals surface area contributed by atoms with Crippen LogP contribution in [0.15, 0.2) is 53.3 Å². The van der Waals surface area contributed by atoms with Crippen molar-refractivity contribution < 1.29 is 0 Å². The molecule has 1 heterocycles. The van der Waals surface area contributed by atoms with Crippen molar-refractivity contribution in [3.63, 3.8) is 0 Å². The molecule has 0 saturated heterocycles. The summed E-state index contributed by atoms with van der Waals surface area (Å²) in [7, 11) is 0. The molecule has 0 spiro atoms. The van der Waals surface area contributed by atoms with Crippen LogP contribution in [0.1, 0.15) is 0 Å². The standard InChI is InChI=1S/C13H8INOSe/c14-9-5-7-10(8-6-9)15-13(16)11-3-1-2-4-12(11)17-15/h1-8H. The third-order valence-corrected chi connectivity index (χ3v) is 5.60. The Hall–Kier alpha value is -0.841. The molecule has 2 aromatic carbocycles. The van der Waals surface area contributed by atoms with Crippen molar-refractivity contribution in [3.8, 4) is 5.69 Å². The van der Waals surface area contributed by atoms with Crippen LogP contribution in [-0.4, -0.2) is 18.3 Å². The fourth-order valence-corrected chi connectivity index (χ4v) is 4.17. The van der Waals surface area contributed by atoms with Gasteiger partial charge in [-0.2, -0.15) is 0 Å². The van der Waals surface area contributed by atoms with Gasteiger partial charge < -0.3 is 0 Å². The molecule has 0 saturated carbocycles. The van der Waals surface area contributed by atoms with Gasteiger partial charge in [0.25, 0.3) is 0 Å². The van der Waals surface area contributed by atoms with Gasteiger partial charge in [0.1, 0.15) is 0 Å². The van der Waals surface area contributed by atoms with Gasteiger partial charge in [0.2, 0.25) is 0 Å². The zero-order chi connectivity index (χ0) is 11.8. The molecule has 0 N–H and O–H groups in total. The molecule has 3 aromatic rings. The molecule has 0 aliphatic carbocycles. The van der Waals surface area contributed by atoms with E-state index in [4.69, 9.17) is 0 Å². The summed E-state index contributed by atoms with van der Waals surface area (Å²) in [4.78, 5) is 12.2. The van der Waals surface area contributed by atoms with E-state index in [2.05, 4.69) is 22.6 Å². The van der Waals surface area contributed by atoms with E-state index in [0.717, 1.165) is 11.1 Å². The number of hydrogen-bond acceptors (Lipinski definition) is 1. The van der Waals surface area contributed by atoms with Crippen molar-refractivity contribution in [1.82, 2.24) is 3.56 Å². The minimum absolute atomic E-state index is 0.0699. The van der Waals surface area contributed by atoms with Crippen LogP contribution in [-0.2, 0) is 0 Å². The predicted octanol–water partition coefficient (Wildman–Crippen LogP) is 2.65. The summed E-state index contributed by atoms with van der Waals surface area (Å²) in [6, 6.07) is 15.9. The Balaban J connectivity index is 2.27. The molecular formula is C13H8INOSe. The summed E-state index contributed by atoms with van der Waals surface area (Å²) in [6.07, 6.45) is 0. The SMILES string of the molecule is O=c1c2ccccc2[se]n1-c1ccc(I)cc1. The molecular weight excluding hydrogens is 392 g/mol. The van der Waals surface area contributed by atoms with Gasteiger partial charge in [0, 0.05) is 0 Å². The van der Waals surface area contributed by atoms with Crippen molar-refractivity contribution in [1.29, 1.82) is 0 Å². The molecule has 0 radical (unpaired) electrons. The molecule has 0 aliphatic heterocycles. The van der Waals surface area contributed by atoms with Crippen LogP contribution in [0.5, 0.6) is 0 Å². The molecule has 0 bridgehead atoms. The summed E-state index contributed by atoms with van der Waals surface area (Å²) in [6.45, 7) is 0. The van der Waals surface area contributed by atoms with Gasteiger partial charge in [-0.3, -0.25) is 0 Å². The van der Waals surface area contributed by atoms with E-state index in [1.807, 2.05) is 52.1 Å². The maximum atomic E-state index is 12.2. The molecule has 3 rings (SSSR count). The van der Waals surface area contributed by atoms with Gasteiger partial charge >= 0.3 is 119 Å². The van der Waals surface area contributed by atoms with Crippen LogP contribution in [0, 0.1) is 3.57 Å². The number of fused-ring (bicyclic) bond motifs is 1. The van der Waals surface area contributed by atoms with Gasteiger partial charge in [0.05, 0.1) is 0 Å². The van der Waals surface area contributed by atoms with Gasteiger partial charge in [-0.25, -0.2) is 0 Å². The second-order valence-electron chi connectivity index (χ2n) is 3.66. The molecule has 17 heavy (non-hydrogen) atoms. The van der Waals surface area contributed by atoms with Gasteiger partial charge in [-0.15, -0.1) is 0 Å². The van der Waals surface area contributed by atoms with Crippen LogP contribution in [0.4, 0.5) is 0 Å². The van der Waals surface area contributed by atoms with Crippen LogP contribution in [0.25, 0.3) is 15.3 Å². The zero-order valence-corrected chi connectivity index (χ0v) is 12.6. The topological polar surface area (TPSA) is 22.0 Å². The van der Waals surface area contributed by atoms with E-state index in [9.17, 15) is 4.79 Å². The minimum atomic E-state index is 0.0699. The van der Waals surface area contributed by atoms with E-state index < -0.39 is 0 Å². The Labute approximate surface area is 118 Å². The van der Waals surface area contributed by atoms with Crippen LogP contribution in [0.2, 0.25) is 0 Å². The zero-order valence-electron chi connectivity index (χ0n) is 8.76. The summed E-state index contributed by atoms with van der Waals surface area (Å²) in [5.74, 6) is 0. The molecule has 1 aromatic heterocycles. The van der Waals surface area contributed by atoms with Crippen LogP contribution < -0.4 is 5.56 Å². The molecule has 0 atom stereocenters. The van der Waals surface area contributed by atoms with E-state index in [1.165, 1.54) is 7.83 Å². The summed E-state index contributed by atoms with van der Waals surface area (Å²) < 4.78 is 4.24. The van der Waals surface area contributed by atoms with E-state index in [1.54, 1.807) is 0 Å². The van der Waals surface area contributed by atoms with Gasteiger partial charge in [-0.1, -0.05) is 0 Å². The molecule has 2 nitrogen and oxygen atoms in total. The molecule has 0 amide bonds. The molecule has 0 aliphatic rings. The first-order valence-electron chi connectivity index (χ1n) is 5.13. The van der Waals surface area contributed by atoms with E-state index >= 15 is 0 Å². The maximum absolute atomic E-state index is 12.2. The first kappa shape index (κ1) is 11.3. The number of aromatic nitrogens is 1. The summed E-state index contributed by atoms with van der Waals surface area (Å²) in [5, 5.41) is 0.853. The molecule has 0 unspecified atom stereocenters. The van der Waals surface area contributed by atoms with E-state index in [-0.39, 0.29) is 20.3 Å². The second-order valence-corrected chi connectivity index (χ2v) is 6.98. The Bertz CT molecular complexity index is 727. The van der Waals surface area contributed by atoms with Crippen molar-refractivity contribution in [2.75, 3.05) is 0 Å². The van der Waals surface area contributed by atoms with Crippen LogP contribution in [0.3, 0.4) is 0 Å². The Kier molecular flexibility index (Phi) is 2.94. The van der Waals surface area contributed by atoms with Crippen molar-refractivity contribution >= 4 is 47.0 Å². The first-order chi connectivity index (χ1) is 8.25. The second kappa shape index (κ2) is 4.44. The molecule has 84 valence electrons. The normalized spacial score (nSPS) is 10.9. The van der Waals surface area contributed by atoms with Gasteiger partial charge in [0.15, 0.2) is 0 Å². The predicted molar refractivity (Wildman–Crippen MR) is 79.2 cm³/mol. The molecule has 0 fully saturated rings. The van der Waals surface area contributed by atoms with Crippen molar-refractivity contribution in [2.45, 2.75) is 0 Å². The fraction of sp³-hybridized carbons (Fsp3) is 0. The number of halogens is 1. The summed E-state index contributed by atoms with van der Waals surface area (Å²) >= 11 is 2.34. The fourth-order valence-electron chi connectivity index (χ4n) is 1.72. The first-order valence-corrected chi connectivity index (χ1v) is 7.83. The quantitative estimate of drug-likeness (QED) is 0.455. The Morgan fingerprint density at radius 2 is 1.71 bits per heavy atom.